The molecule has 1 heterocycles. The SMILES string of the molecule is CCCCCNCN1C=CC=NC1. The molecule has 13 heavy (non-hydrogen) atoms. The van der Waals surface area contributed by atoms with Gasteiger partial charge in [-0.1, -0.05) is 19.8 Å². The Morgan fingerprint density at radius 2 is 2.38 bits per heavy atom. The van der Waals surface area contributed by atoms with Gasteiger partial charge >= 0.3 is 0 Å². The summed E-state index contributed by atoms with van der Waals surface area (Å²) in [5, 5.41) is 3.39. The zero-order valence-corrected chi connectivity index (χ0v) is 8.37. The van der Waals surface area contributed by atoms with E-state index in [0.717, 1.165) is 19.9 Å². The van der Waals surface area contributed by atoms with Crippen molar-refractivity contribution in [2.75, 3.05) is 19.9 Å². The molecule has 0 saturated carbocycles. The van der Waals surface area contributed by atoms with E-state index in [1.165, 1.54) is 19.3 Å². The van der Waals surface area contributed by atoms with Gasteiger partial charge < -0.3 is 4.90 Å². The highest BCUT2D eigenvalue weighted by atomic mass is 15.3. The number of hydrogen-bond acceptors (Lipinski definition) is 3. The van der Waals surface area contributed by atoms with E-state index in [1.807, 2.05) is 12.3 Å². The molecule has 0 radical (unpaired) electrons. The van der Waals surface area contributed by atoms with E-state index in [4.69, 9.17) is 0 Å². The van der Waals surface area contributed by atoms with Gasteiger partial charge in [0.05, 0.1) is 6.67 Å². The van der Waals surface area contributed by atoms with Crippen LogP contribution < -0.4 is 5.32 Å². The van der Waals surface area contributed by atoms with E-state index in [9.17, 15) is 0 Å². The van der Waals surface area contributed by atoms with Crippen LogP contribution in [0.3, 0.4) is 0 Å². The van der Waals surface area contributed by atoms with Crippen LogP contribution >= 0.6 is 0 Å². The molecule has 0 atom stereocenters. The van der Waals surface area contributed by atoms with Crippen LogP contribution in [0.1, 0.15) is 26.2 Å². The first kappa shape index (κ1) is 10.3. The fourth-order valence-electron chi connectivity index (χ4n) is 1.25. The van der Waals surface area contributed by atoms with E-state index >= 15 is 0 Å². The quantitative estimate of drug-likeness (QED) is 0.630. The fourth-order valence-corrected chi connectivity index (χ4v) is 1.25. The van der Waals surface area contributed by atoms with Gasteiger partial charge in [-0.05, 0) is 19.0 Å². The summed E-state index contributed by atoms with van der Waals surface area (Å²) in [7, 11) is 0. The summed E-state index contributed by atoms with van der Waals surface area (Å²) in [5.74, 6) is 0. The lowest BCUT2D eigenvalue weighted by atomic mass is 10.2. The minimum Gasteiger partial charge on any atom is -0.346 e. The van der Waals surface area contributed by atoms with Crippen molar-refractivity contribution < 1.29 is 0 Å². The second kappa shape index (κ2) is 6.66. The molecule has 0 amide bonds. The minimum absolute atomic E-state index is 0.789. The summed E-state index contributed by atoms with van der Waals surface area (Å²) in [6, 6.07) is 0. The van der Waals surface area contributed by atoms with E-state index in [-0.39, 0.29) is 0 Å². The molecule has 3 nitrogen and oxygen atoms in total. The van der Waals surface area contributed by atoms with Crippen molar-refractivity contribution in [2.24, 2.45) is 4.99 Å². The molecule has 0 fully saturated rings. The van der Waals surface area contributed by atoms with Crippen LogP contribution in [0.2, 0.25) is 0 Å². The normalized spacial score (nSPS) is 15.3. The smallest absolute Gasteiger partial charge is 0.110 e. The lowest BCUT2D eigenvalue weighted by Crippen LogP contribution is -2.32. The second-order valence-corrected chi connectivity index (χ2v) is 3.27. The largest absolute Gasteiger partial charge is 0.346 e. The molecule has 1 aliphatic rings. The molecule has 74 valence electrons. The molecule has 0 bridgehead atoms. The average Bonchev–Trinajstić information content (AvgIpc) is 2.19. The van der Waals surface area contributed by atoms with Crippen molar-refractivity contribution in [2.45, 2.75) is 26.2 Å². The third-order valence-electron chi connectivity index (χ3n) is 2.02. The Hall–Kier alpha value is -0.830. The Morgan fingerprint density at radius 1 is 1.46 bits per heavy atom. The van der Waals surface area contributed by atoms with Gasteiger partial charge in [-0.3, -0.25) is 10.3 Å². The first-order valence-corrected chi connectivity index (χ1v) is 5.05. The standard InChI is InChI=1S/C10H19N3/c1-2-3-4-6-11-9-13-8-5-7-12-10-13/h5,7-8,11H,2-4,6,9-10H2,1H3. The predicted octanol–water partition coefficient (Wildman–Crippen LogP) is 1.58. The number of nitrogens with one attached hydrogen (secondary N) is 1. The van der Waals surface area contributed by atoms with Gasteiger partial charge in [0, 0.05) is 12.4 Å². The van der Waals surface area contributed by atoms with Crippen molar-refractivity contribution in [3.8, 4) is 0 Å². The molecule has 0 spiro atoms. The lowest BCUT2D eigenvalue weighted by molar-refractivity contribution is 0.349. The maximum Gasteiger partial charge on any atom is 0.110 e. The molecule has 0 saturated heterocycles. The molecule has 3 heteroatoms. The molecule has 0 aliphatic carbocycles. The van der Waals surface area contributed by atoms with Crippen molar-refractivity contribution in [3.05, 3.63) is 12.3 Å². The highest BCUT2D eigenvalue weighted by Gasteiger charge is 1.97. The first-order chi connectivity index (χ1) is 6.43. The summed E-state index contributed by atoms with van der Waals surface area (Å²) in [5.41, 5.74) is 0. The van der Waals surface area contributed by atoms with Crippen LogP contribution in [-0.4, -0.2) is 31.0 Å². The highest BCUT2D eigenvalue weighted by molar-refractivity contribution is 5.71. The Morgan fingerprint density at radius 3 is 3.08 bits per heavy atom. The maximum atomic E-state index is 4.15. The molecule has 1 aliphatic heterocycles. The van der Waals surface area contributed by atoms with Crippen LogP contribution in [0, 0.1) is 0 Å². The first-order valence-electron chi connectivity index (χ1n) is 5.05. The van der Waals surface area contributed by atoms with Gasteiger partial charge in [0.2, 0.25) is 0 Å². The van der Waals surface area contributed by atoms with Gasteiger partial charge in [0.25, 0.3) is 0 Å². The summed E-state index contributed by atoms with van der Waals surface area (Å²) in [6.07, 6.45) is 9.76. The molecule has 0 unspecified atom stereocenters. The van der Waals surface area contributed by atoms with Crippen molar-refractivity contribution >= 4 is 6.21 Å². The number of unbranched alkanes of at least 4 members (excludes halogenated alkanes) is 2. The van der Waals surface area contributed by atoms with E-state index in [2.05, 4.69) is 28.3 Å². The minimum atomic E-state index is 0.789. The van der Waals surface area contributed by atoms with Gasteiger partial charge in [0.15, 0.2) is 0 Å². The zero-order chi connectivity index (χ0) is 9.36. The highest BCUT2D eigenvalue weighted by Crippen LogP contribution is 1.94. The van der Waals surface area contributed by atoms with Crippen molar-refractivity contribution in [1.82, 2.24) is 10.2 Å². The van der Waals surface area contributed by atoms with Crippen LogP contribution in [0.25, 0.3) is 0 Å². The molecule has 0 aromatic carbocycles. The van der Waals surface area contributed by atoms with Crippen LogP contribution in [0.15, 0.2) is 17.3 Å². The second-order valence-electron chi connectivity index (χ2n) is 3.27. The number of rotatable bonds is 6. The number of hydrogen-bond donors (Lipinski definition) is 1. The van der Waals surface area contributed by atoms with Crippen molar-refractivity contribution in [3.63, 3.8) is 0 Å². The third-order valence-corrected chi connectivity index (χ3v) is 2.02. The van der Waals surface area contributed by atoms with Gasteiger partial charge in [-0.2, -0.15) is 0 Å². The monoisotopic (exact) mass is 181 g/mol. The van der Waals surface area contributed by atoms with E-state index in [1.54, 1.807) is 0 Å². The van der Waals surface area contributed by atoms with Crippen LogP contribution in [0.5, 0.6) is 0 Å². The van der Waals surface area contributed by atoms with E-state index in [0.29, 0.717) is 0 Å². The molecular formula is C10H19N3. The molecule has 1 rings (SSSR count). The average molecular weight is 181 g/mol. The van der Waals surface area contributed by atoms with Crippen molar-refractivity contribution in [1.29, 1.82) is 0 Å². The summed E-state index contributed by atoms with van der Waals surface area (Å²) >= 11 is 0. The fraction of sp³-hybridized carbons (Fsp3) is 0.700. The zero-order valence-electron chi connectivity index (χ0n) is 8.37. The summed E-state index contributed by atoms with van der Waals surface area (Å²) in [6.45, 7) is 5.04. The Labute approximate surface area is 80.5 Å². The number of aliphatic imine (C=N–C) groups is 1. The predicted molar refractivity (Wildman–Crippen MR) is 56.7 cm³/mol. The summed E-state index contributed by atoms with van der Waals surface area (Å²) in [4.78, 5) is 6.31. The van der Waals surface area contributed by atoms with Gasteiger partial charge in [0.1, 0.15) is 6.67 Å². The Bertz CT molecular complexity index is 175. The Balaban J connectivity index is 1.93. The van der Waals surface area contributed by atoms with Crippen LogP contribution in [0.4, 0.5) is 0 Å². The topological polar surface area (TPSA) is 27.6 Å². The van der Waals surface area contributed by atoms with E-state index < -0.39 is 0 Å². The Kier molecular flexibility index (Phi) is 5.25. The molecular weight excluding hydrogens is 162 g/mol. The maximum absolute atomic E-state index is 4.15. The van der Waals surface area contributed by atoms with Gasteiger partial charge in [-0.25, -0.2) is 0 Å². The van der Waals surface area contributed by atoms with Crippen LogP contribution in [-0.2, 0) is 0 Å². The number of nitrogens with zero attached hydrogens (tertiary/aromatic N) is 2. The number of allylic oxidation sites excluding steroid dienone is 1. The van der Waals surface area contributed by atoms with Gasteiger partial charge in [-0.15, -0.1) is 0 Å². The third kappa shape index (κ3) is 4.68. The molecule has 1 N–H and O–H groups in total. The molecule has 0 aromatic rings. The molecule has 0 aromatic heterocycles. The lowest BCUT2D eigenvalue weighted by Gasteiger charge is -2.20. The summed E-state index contributed by atoms with van der Waals surface area (Å²) < 4.78 is 0.